The van der Waals surface area contributed by atoms with Gasteiger partial charge in [-0.15, -0.1) is 0 Å². The van der Waals surface area contributed by atoms with Crippen LogP contribution in [-0.4, -0.2) is 34.8 Å². The van der Waals surface area contributed by atoms with Crippen LogP contribution >= 0.6 is 0 Å². The zero-order valence-corrected chi connectivity index (χ0v) is 10.2. The SMILES string of the molecule is Cc1nn(C)cc1C(C)N(C)CCCN. The van der Waals surface area contributed by atoms with Crippen molar-refractivity contribution in [2.45, 2.75) is 26.3 Å². The molecule has 0 aliphatic rings. The number of nitrogens with two attached hydrogens (primary N) is 1. The maximum absolute atomic E-state index is 5.51. The summed E-state index contributed by atoms with van der Waals surface area (Å²) in [6, 6.07) is 0.408. The van der Waals surface area contributed by atoms with Crippen molar-refractivity contribution >= 4 is 0 Å². The second-order valence-electron chi connectivity index (χ2n) is 4.14. The molecule has 0 fully saturated rings. The highest BCUT2D eigenvalue weighted by atomic mass is 15.3. The van der Waals surface area contributed by atoms with Gasteiger partial charge in [-0.3, -0.25) is 9.58 Å². The van der Waals surface area contributed by atoms with Gasteiger partial charge in [-0.25, -0.2) is 0 Å². The standard InChI is InChI=1S/C11H22N4/c1-9-11(8-15(4)13-9)10(2)14(3)7-5-6-12/h8,10H,5-7,12H2,1-4H3. The molecule has 0 aliphatic heterocycles. The van der Waals surface area contributed by atoms with E-state index in [1.807, 2.05) is 11.7 Å². The first-order valence-electron chi connectivity index (χ1n) is 5.46. The maximum atomic E-state index is 5.51. The summed E-state index contributed by atoms with van der Waals surface area (Å²) in [5, 5.41) is 4.36. The molecule has 1 heterocycles. The van der Waals surface area contributed by atoms with Crippen molar-refractivity contribution in [1.29, 1.82) is 0 Å². The van der Waals surface area contributed by atoms with Crippen LogP contribution in [0.3, 0.4) is 0 Å². The molecule has 1 rings (SSSR count). The Morgan fingerprint density at radius 1 is 1.60 bits per heavy atom. The Bertz CT molecular complexity index is 306. The Morgan fingerprint density at radius 3 is 2.73 bits per heavy atom. The third kappa shape index (κ3) is 3.04. The number of nitrogens with zero attached hydrogens (tertiary/aromatic N) is 3. The minimum Gasteiger partial charge on any atom is -0.330 e. The first-order valence-corrected chi connectivity index (χ1v) is 5.46. The fourth-order valence-corrected chi connectivity index (χ4v) is 1.80. The third-order valence-corrected chi connectivity index (χ3v) is 2.88. The van der Waals surface area contributed by atoms with E-state index in [9.17, 15) is 0 Å². The van der Waals surface area contributed by atoms with E-state index in [1.54, 1.807) is 0 Å². The number of aryl methyl sites for hydroxylation is 2. The molecule has 0 saturated heterocycles. The molecule has 0 spiro atoms. The van der Waals surface area contributed by atoms with Gasteiger partial charge in [-0.05, 0) is 40.4 Å². The van der Waals surface area contributed by atoms with Crippen LogP contribution in [-0.2, 0) is 7.05 Å². The van der Waals surface area contributed by atoms with Gasteiger partial charge in [-0.1, -0.05) is 0 Å². The number of hydrogen-bond acceptors (Lipinski definition) is 3. The van der Waals surface area contributed by atoms with Crippen LogP contribution in [0.2, 0.25) is 0 Å². The summed E-state index contributed by atoms with van der Waals surface area (Å²) in [5.41, 5.74) is 7.92. The summed E-state index contributed by atoms with van der Waals surface area (Å²) < 4.78 is 1.87. The third-order valence-electron chi connectivity index (χ3n) is 2.88. The molecule has 86 valence electrons. The molecule has 0 bridgehead atoms. The second kappa shape index (κ2) is 5.28. The number of aromatic nitrogens is 2. The van der Waals surface area contributed by atoms with Crippen LogP contribution in [0.25, 0.3) is 0 Å². The summed E-state index contributed by atoms with van der Waals surface area (Å²) in [6.07, 6.45) is 3.14. The van der Waals surface area contributed by atoms with Crippen molar-refractivity contribution in [2.24, 2.45) is 12.8 Å². The molecule has 2 N–H and O–H groups in total. The summed E-state index contributed by atoms with van der Waals surface area (Å²) in [4.78, 5) is 2.32. The molecule has 1 aromatic rings. The molecule has 4 heteroatoms. The summed E-state index contributed by atoms with van der Waals surface area (Å²) in [6.45, 7) is 6.05. The fraction of sp³-hybridized carbons (Fsp3) is 0.727. The van der Waals surface area contributed by atoms with E-state index in [1.165, 1.54) is 5.56 Å². The van der Waals surface area contributed by atoms with Gasteiger partial charge in [-0.2, -0.15) is 5.10 Å². The molecule has 0 radical (unpaired) electrons. The topological polar surface area (TPSA) is 47.1 Å². The van der Waals surface area contributed by atoms with E-state index in [0.29, 0.717) is 6.04 Å². The van der Waals surface area contributed by atoms with Crippen LogP contribution in [0.15, 0.2) is 6.20 Å². The number of hydrogen-bond donors (Lipinski definition) is 1. The Morgan fingerprint density at radius 2 is 2.27 bits per heavy atom. The molecule has 0 aromatic carbocycles. The Labute approximate surface area is 92.1 Å². The van der Waals surface area contributed by atoms with E-state index < -0.39 is 0 Å². The van der Waals surface area contributed by atoms with E-state index in [2.05, 4.69) is 37.1 Å². The van der Waals surface area contributed by atoms with Gasteiger partial charge in [0.15, 0.2) is 0 Å². The van der Waals surface area contributed by atoms with Crippen molar-refractivity contribution in [2.75, 3.05) is 20.1 Å². The van der Waals surface area contributed by atoms with Gasteiger partial charge in [0.2, 0.25) is 0 Å². The van der Waals surface area contributed by atoms with Crippen LogP contribution in [0.4, 0.5) is 0 Å². The highest BCUT2D eigenvalue weighted by Crippen LogP contribution is 2.20. The van der Waals surface area contributed by atoms with E-state index in [4.69, 9.17) is 5.73 Å². The van der Waals surface area contributed by atoms with Crippen molar-refractivity contribution in [3.8, 4) is 0 Å². The van der Waals surface area contributed by atoms with Gasteiger partial charge in [0, 0.05) is 24.8 Å². The molecule has 0 aliphatic carbocycles. The largest absolute Gasteiger partial charge is 0.330 e. The Kier molecular flexibility index (Phi) is 4.29. The minimum absolute atomic E-state index is 0.408. The second-order valence-corrected chi connectivity index (χ2v) is 4.14. The molecule has 1 unspecified atom stereocenters. The van der Waals surface area contributed by atoms with Crippen LogP contribution in [0, 0.1) is 6.92 Å². The van der Waals surface area contributed by atoms with E-state index in [0.717, 1.165) is 25.2 Å². The lowest BCUT2D eigenvalue weighted by atomic mass is 10.1. The molecule has 1 aromatic heterocycles. The van der Waals surface area contributed by atoms with Gasteiger partial charge in [0.05, 0.1) is 5.69 Å². The lowest BCUT2D eigenvalue weighted by Gasteiger charge is -2.24. The molecular weight excluding hydrogens is 188 g/mol. The van der Waals surface area contributed by atoms with Crippen molar-refractivity contribution < 1.29 is 0 Å². The molecule has 1 atom stereocenters. The molecule has 0 saturated carbocycles. The predicted molar refractivity (Wildman–Crippen MR) is 62.7 cm³/mol. The van der Waals surface area contributed by atoms with Crippen molar-refractivity contribution in [3.05, 3.63) is 17.5 Å². The highest BCUT2D eigenvalue weighted by molar-refractivity contribution is 5.19. The van der Waals surface area contributed by atoms with Crippen LogP contribution in [0.5, 0.6) is 0 Å². The lowest BCUT2D eigenvalue weighted by molar-refractivity contribution is 0.259. The molecule has 15 heavy (non-hydrogen) atoms. The first-order chi connectivity index (χ1) is 7.06. The monoisotopic (exact) mass is 210 g/mol. The van der Waals surface area contributed by atoms with E-state index in [-0.39, 0.29) is 0 Å². The zero-order chi connectivity index (χ0) is 11.4. The average molecular weight is 210 g/mol. The first kappa shape index (κ1) is 12.2. The quantitative estimate of drug-likeness (QED) is 0.791. The van der Waals surface area contributed by atoms with Crippen LogP contribution in [0.1, 0.15) is 30.6 Å². The highest BCUT2D eigenvalue weighted by Gasteiger charge is 2.15. The average Bonchev–Trinajstić information content (AvgIpc) is 2.53. The minimum atomic E-state index is 0.408. The zero-order valence-electron chi connectivity index (χ0n) is 10.2. The summed E-state index contributed by atoms with van der Waals surface area (Å²) in [7, 11) is 4.09. The smallest absolute Gasteiger partial charge is 0.0641 e. The van der Waals surface area contributed by atoms with Crippen molar-refractivity contribution in [1.82, 2.24) is 14.7 Å². The molecule has 4 nitrogen and oxygen atoms in total. The summed E-state index contributed by atoms with van der Waals surface area (Å²) >= 11 is 0. The number of rotatable bonds is 5. The van der Waals surface area contributed by atoms with Gasteiger partial charge in [0.25, 0.3) is 0 Å². The normalized spacial score (nSPS) is 13.5. The Balaban J connectivity index is 2.66. The van der Waals surface area contributed by atoms with Crippen molar-refractivity contribution in [3.63, 3.8) is 0 Å². The van der Waals surface area contributed by atoms with Gasteiger partial charge in [0.1, 0.15) is 0 Å². The van der Waals surface area contributed by atoms with E-state index >= 15 is 0 Å². The maximum Gasteiger partial charge on any atom is 0.0641 e. The fourth-order valence-electron chi connectivity index (χ4n) is 1.80. The molecular formula is C11H22N4. The van der Waals surface area contributed by atoms with Crippen LogP contribution < -0.4 is 5.73 Å². The van der Waals surface area contributed by atoms with Gasteiger partial charge < -0.3 is 5.73 Å². The Hall–Kier alpha value is -0.870. The lowest BCUT2D eigenvalue weighted by Crippen LogP contribution is -2.25. The summed E-state index contributed by atoms with van der Waals surface area (Å²) in [5.74, 6) is 0. The van der Waals surface area contributed by atoms with Gasteiger partial charge >= 0.3 is 0 Å². The molecule has 0 amide bonds. The predicted octanol–water partition coefficient (Wildman–Crippen LogP) is 1.07.